The highest BCUT2D eigenvalue weighted by atomic mass is 16.5. The Bertz CT molecular complexity index is 570. The van der Waals surface area contributed by atoms with Crippen molar-refractivity contribution >= 4 is 5.97 Å². The van der Waals surface area contributed by atoms with Crippen molar-refractivity contribution in [2.45, 2.75) is 12.5 Å². The van der Waals surface area contributed by atoms with Crippen molar-refractivity contribution in [1.82, 2.24) is 4.90 Å². The number of carbonyl (C=O) groups is 1. The summed E-state index contributed by atoms with van der Waals surface area (Å²) in [7, 11) is 0. The molecule has 1 aliphatic rings. The van der Waals surface area contributed by atoms with Crippen LogP contribution in [0, 0.1) is 0 Å². The molecule has 1 unspecified atom stereocenters. The Hall–Kier alpha value is -2.13. The van der Waals surface area contributed by atoms with Gasteiger partial charge in [0, 0.05) is 6.54 Å². The molecule has 3 heteroatoms. The van der Waals surface area contributed by atoms with E-state index in [0.717, 1.165) is 6.54 Å². The molecule has 1 heterocycles. The summed E-state index contributed by atoms with van der Waals surface area (Å²) in [6.07, 6.45) is 0. The van der Waals surface area contributed by atoms with Crippen LogP contribution >= 0.6 is 0 Å². The van der Waals surface area contributed by atoms with Gasteiger partial charge in [0.05, 0.1) is 18.7 Å². The van der Waals surface area contributed by atoms with Crippen molar-refractivity contribution in [2.75, 3.05) is 19.7 Å². The minimum absolute atomic E-state index is 0.161. The average Bonchev–Trinajstić information content (AvgIpc) is 3.24. The third-order valence-corrected chi connectivity index (χ3v) is 3.98. The zero-order chi connectivity index (χ0) is 14.7. The fourth-order valence-electron chi connectivity index (χ4n) is 2.94. The van der Waals surface area contributed by atoms with Gasteiger partial charge in [-0.05, 0) is 18.1 Å². The van der Waals surface area contributed by atoms with Crippen LogP contribution in [0.2, 0.25) is 0 Å². The van der Waals surface area contributed by atoms with Crippen LogP contribution in [-0.2, 0) is 15.1 Å². The van der Waals surface area contributed by atoms with Crippen LogP contribution in [0.3, 0.4) is 0 Å². The Balaban J connectivity index is 1.91. The maximum atomic E-state index is 11.8. The van der Waals surface area contributed by atoms with Crippen molar-refractivity contribution in [2.24, 2.45) is 0 Å². The number of benzene rings is 2. The van der Waals surface area contributed by atoms with Gasteiger partial charge in [-0.1, -0.05) is 60.7 Å². The molecular weight excluding hydrogens is 262 g/mol. The van der Waals surface area contributed by atoms with E-state index in [2.05, 4.69) is 29.2 Å². The van der Waals surface area contributed by atoms with Crippen LogP contribution in [0.25, 0.3) is 0 Å². The first-order chi connectivity index (χ1) is 10.3. The van der Waals surface area contributed by atoms with E-state index in [0.29, 0.717) is 13.2 Å². The van der Waals surface area contributed by atoms with Crippen molar-refractivity contribution in [3.63, 3.8) is 0 Å². The predicted molar refractivity (Wildman–Crippen MR) is 81.9 cm³/mol. The number of hydrogen-bond donors (Lipinski definition) is 0. The molecule has 0 bridgehead atoms. The third-order valence-electron chi connectivity index (χ3n) is 3.98. The summed E-state index contributed by atoms with van der Waals surface area (Å²) < 4.78 is 5.08. The van der Waals surface area contributed by atoms with E-state index in [1.54, 1.807) is 0 Å². The topological polar surface area (TPSA) is 29.3 Å². The molecule has 2 aromatic carbocycles. The number of ether oxygens (including phenoxy) is 1. The van der Waals surface area contributed by atoms with Gasteiger partial charge in [-0.25, -0.2) is 0 Å². The third kappa shape index (κ3) is 2.57. The van der Waals surface area contributed by atoms with Gasteiger partial charge in [0.15, 0.2) is 0 Å². The molecule has 3 nitrogen and oxygen atoms in total. The summed E-state index contributed by atoms with van der Waals surface area (Å²) in [6.45, 7) is 3.44. The standard InChI is InChI=1S/C18H19NO2/c1-2-21-17(20)13-19-14-18(19,15-9-5-3-6-10-15)16-11-7-4-8-12-16/h3-12H,2,13-14H2,1H3. The van der Waals surface area contributed by atoms with E-state index in [1.165, 1.54) is 11.1 Å². The molecule has 1 fully saturated rings. The van der Waals surface area contributed by atoms with Gasteiger partial charge in [-0.15, -0.1) is 0 Å². The first-order valence-corrected chi connectivity index (χ1v) is 7.29. The largest absolute Gasteiger partial charge is 0.465 e. The highest BCUT2D eigenvalue weighted by Gasteiger charge is 2.55. The summed E-state index contributed by atoms with van der Waals surface area (Å²) >= 11 is 0. The molecule has 1 aliphatic heterocycles. The molecule has 108 valence electrons. The molecule has 0 aromatic heterocycles. The van der Waals surface area contributed by atoms with Gasteiger partial charge in [0.1, 0.15) is 0 Å². The highest BCUT2D eigenvalue weighted by Crippen LogP contribution is 2.47. The zero-order valence-corrected chi connectivity index (χ0v) is 12.2. The molecule has 3 rings (SSSR count). The molecule has 21 heavy (non-hydrogen) atoms. The fourth-order valence-corrected chi connectivity index (χ4v) is 2.94. The van der Waals surface area contributed by atoms with Crippen LogP contribution < -0.4 is 0 Å². The molecular formula is C18H19NO2. The lowest BCUT2D eigenvalue weighted by molar-refractivity contribution is -0.143. The van der Waals surface area contributed by atoms with Crippen LogP contribution in [0.4, 0.5) is 0 Å². The summed E-state index contributed by atoms with van der Waals surface area (Å²) in [6, 6.07) is 20.7. The number of nitrogens with zero attached hydrogens (tertiary/aromatic N) is 1. The van der Waals surface area contributed by atoms with Crippen LogP contribution in [-0.4, -0.2) is 30.6 Å². The maximum absolute atomic E-state index is 11.8. The Morgan fingerprint density at radius 3 is 2.05 bits per heavy atom. The lowest BCUT2D eigenvalue weighted by Gasteiger charge is -2.19. The summed E-state index contributed by atoms with van der Waals surface area (Å²) in [4.78, 5) is 13.9. The smallest absolute Gasteiger partial charge is 0.320 e. The van der Waals surface area contributed by atoms with Crippen molar-refractivity contribution in [3.05, 3.63) is 71.8 Å². The van der Waals surface area contributed by atoms with E-state index in [9.17, 15) is 4.79 Å². The Kier molecular flexibility index (Phi) is 3.76. The van der Waals surface area contributed by atoms with Crippen LogP contribution in [0.5, 0.6) is 0 Å². The number of carbonyl (C=O) groups excluding carboxylic acids is 1. The van der Waals surface area contributed by atoms with E-state index in [4.69, 9.17) is 4.74 Å². The average molecular weight is 281 g/mol. The van der Waals surface area contributed by atoms with Gasteiger partial charge < -0.3 is 4.74 Å². The van der Waals surface area contributed by atoms with Gasteiger partial charge in [0.25, 0.3) is 0 Å². The van der Waals surface area contributed by atoms with Gasteiger partial charge >= 0.3 is 5.97 Å². The lowest BCUT2D eigenvalue weighted by Crippen LogP contribution is -2.24. The van der Waals surface area contributed by atoms with Crippen molar-refractivity contribution < 1.29 is 9.53 Å². The zero-order valence-electron chi connectivity index (χ0n) is 12.2. The first-order valence-electron chi connectivity index (χ1n) is 7.29. The molecule has 1 saturated heterocycles. The molecule has 0 radical (unpaired) electrons. The first kappa shape index (κ1) is 13.8. The second kappa shape index (κ2) is 5.70. The fraction of sp³-hybridized carbons (Fsp3) is 0.278. The quantitative estimate of drug-likeness (QED) is 0.623. The minimum Gasteiger partial charge on any atom is -0.465 e. The Morgan fingerprint density at radius 1 is 1.05 bits per heavy atom. The molecule has 0 amide bonds. The van der Waals surface area contributed by atoms with Crippen molar-refractivity contribution in [1.29, 1.82) is 0 Å². The van der Waals surface area contributed by atoms with E-state index in [-0.39, 0.29) is 11.5 Å². The lowest BCUT2D eigenvalue weighted by atomic mass is 9.91. The second-order valence-corrected chi connectivity index (χ2v) is 5.25. The molecule has 1 atom stereocenters. The summed E-state index contributed by atoms with van der Waals surface area (Å²) in [5.41, 5.74) is 2.26. The Morgan fingerprint density at radius 2 is 1.57 bits per heavy atom. The van der Waals surface area contributed by atoms with Gasteiger partial charge in [-0.2, -0.15) is 0 Å². The normalized spacial score (nSPS) is 19.0. The van der Waals surface area contributed by atoms with E-state index < -0.39 is 0 Å². The SMILES string of the molecule is CCOC(=O)CN1CC1(c1ccccc1)c1ccccc1. The maximum Gasteiger partial charge on any atom is 0.320 e. The number of hydrogen-bond acceptors (Lipinski definition) is 3. The summed E-state index contributed by atoms with van der Waals surface area (Å²) in [5, 5.41) is 0. The second-order valence-electron chi connectivity index (χ2n) is 5.25. The monoisotopic (exact) mass is 281 g/mol. The highest BCUT2D eigenvalue weighted by molar-refractivity contribution is 5.73. The molecule has 0 N–H and O–H groups in total. The van der Waals surface area contributed by atoms with Crippen molar-refractivity contribution in [3.8, 4) is 0 Å². The number of rotatable bonds is 5. The van der Waals surface area contributed by atoms with E-state index in [1.807, 2.05) is 43.3 Å². The van der Waals surface area contributed by atoms with Gasteiger partial charge in [0.2, 0.25) is 0 Å². The summed E-state index contributed by atoms with van der Waals surface area (Å²) in [5.74, 6) is -0.161. The van der Waals surface area contributed by atoms with Crippen LogP contribution in [0.1, 0.15) is 18.1 Å². The van der Waals surface area contributed by atoms with Gasteiger partial charge in [-0.3, -0.25) is 9.69 Å². The Labute approximate surface area is 125 Å². The molecule has 0 aliphatic carbocycles. The molecule has 0 saturated carbocycles. The van der Waals surface area contributed by atoms with E-state index >= 15 is 0 Å². The van der Waals surface area contributed by atoms with Crippen LogP contribution in [0.15, 0.2) is 60.7 Å². The predicted octanol–water partition coefficient (Wildman–Crippen LogP) is 2.81. The minimum atomic E-state index is -0.185. The molecule has 2 aromatic rings. The number of esters is 1. The molecule has 0 spiro atoms.